The molecule has 5 nitrogen and oxygen atoms in total. The number of carbonyl (C=O) groups is 2. The third-order valence-corrected chi connectivity index (χ3v) is 4.08. The van der Waals surface area contributed by atoms with Crippen molar-refractivity contribution in [2.24, 2.45) is 0 Å². The Kier molecular flexibility index (Phi) is 6.29. The molecule has 0 heterocycles. The molecule has 1 unspecified atom stereocenters. The van der Waals surface area contributed by atoms with Crippen LogP contribution in [-0.4, -0.2) is 18.0 Å². The molecular weight excluding hydrogens is 378 g/mol. The molecule has 0 spiro atoms. The Hall–Kier alpha value is -3.31. The van der Waals surface area contributed by atoms with E-state index in [1.165, 1.54) is 0 Å². The van der Waals surface area contributed by atoms with Gasteiger partial charge in [-0.1, -0.05) is 29.8 Å². The van der Waals surface area contributed by atoms with Gasteiger partial charge in [0.1, 0.15) is 11.5 Å². The average Bonchev–Trinajstić information content (AvgIpc) is 2.71. The molecule has 1 N–H and O–H groups in total. The first kappa shape index (κ1) is 19.5. The number of hydrogen-bond donors (Lipinski definition) is 1. The summed E-state index contributed by atoms with van der Waals surface area (Å²) in [5, 5.41) is 3.37. The predicted octanol–water partition coefficient (Wildman–Crippen LogP) is 4.97. The van der Waals surface area contributed by atoms with Gasteiger partial charge in [0.25, 0.3) is 5.91 Å². The molecule has 0 saturated carbocycles. The summed E-state index contributed by atoms with van der Waals surface area (Å²) in [5.74, 6) is 0.133. The van der Waals surface area contributed by atoms with Gasteiger partial charge in [0.2, 0.25) is 0 Å². The number of nitrogens with one attached hydrogen (secondary N) is 1. The maximum absolute atomic E-state index is 12.2. The molecule has 0 radical (unpaired) electrons. The molecule has 1 atom stereocenters. The molecule has 3 rings (SSSR count). The van der Waals surface area contributed by atoms with E-state index in [1.54, 1.807) is 79.7 Å². The zero-order valence-corrected chi connectivity index (χ0v) is 15.8. The van der Waals surface area contributed by atoms with E-state index < -0.39 is 12.1 Å². The Morgan fingerprint density at radius 2 is 1.46 bits per heavy atom. The molecule has 0 aliphatic rings. The van der Waals surface area contributed by atoms with Crippen LogP contribution in [0.15, 0.2) is 78.9 Å². The number of carbonyl (C=O) groups excluding carboxylic acids is 2. The van der Waals surface area contributed by atoms with E-state index in [4.69, 9.17) is 21.1 Å². The first-order chi connectivity index (χ1) is 13.5. The molecule has 6 heteroatoms. The van der Waals surface area contributed by atoms with Crippen molar-refractivity contribution in [1.82, 2.24) is 0 Å². The van der Waals surface area contributed by atoms with Crippen molar-refractivity contribution >= 4 is 29.2 Å². The summed E-state index contributed by atoms with van der Waals surface area (Å²) in [6.07, 6.45) is -0.793. The van der Waals surface area contributed by atoms with E-state index in [2.05, 4.69) is 5.32 Å². The molecule has 28 heavy (non-hydrogen) atoms. The minimum absolute atomic E-state index is 0.213. The SMILES string of the molecule is CC(Oc1ccc(Cl)cc1)C(=O)Oc1ccc(NC(=O)c2ccccc2)cc1. The molecule has 0 aliphatic heterocycles. The van der Waals surface area contributed by atoms with Crippen LogP contribution in [0.3, 0.4) is 0 Å². The van der Waals surface area contributed by atoms with Gasteiger partial charge in [-0.2, -0.15) is 0 Å². The third kappa shape index (κ3) is 5.34. The lowest BCUT2D eigenvalue weighted by molar-refractivity contribution is -0.141. The average molecular weight is 396 g/mol. The highest BCUT2D eigenvalue weighted by Gasteiger charge is 2.17. The number of benzene rings is 3. The van der Waals surface area contributed by atoms with Gasteiger partial charge in [-0.15, -0.1) is 0 Å². The van der Waals surface area contributed by atoms with Crippen LogP contribution in [0, 0.1) is 0 Å². The first-order valence-electron chi connectivity index (χ1n) is 8.61. The van der Waals surface area contributed by atoms with Gasteiger partial charge in [-0.05, 0) is 67.6 Å². The van der Waals surface area contributed by atoms with Crippen LogP contribution in [0.1, 0.15) is 17.3 Å². The van der Waals surface area contributed by atoms with E-state index in [1.807, 2.05) is 6.07 Å². The third-order valence-electron chi connectivity index (χ3n) is 3.83. The quantitative estimate of drug-likeness (QED) is 0.473. The van der Waals surface area contributed by atoms with Gasteiger partial charge in [-0.25, -0.2) is 4.79 Å². The van der Waals surface area contributed by atoms with Crippen LogP contribution >= 0.6 is 11.6 Å². The molecule has 0 saturated heterocycles. The number of hydrogen-bond acceptors (Lipinski definition) is 4. The largest absolute Gasteiger partial charge is 0.479 e. The molecule has 1 amide bonds. The van der Waals surface area contributed by atoms with Gasteiger partial charge >= 0.3 is 5.97 Å². The van der Waals surface area contributed by atoms with Gasteiger partial charge in [0.05, 0.1) is 0 Å². The maximum Gasteiger partial charge on any atom is 0.352 e. The summed E-state index contributed by atoms with van der Waals surface area (Å²) in [7, 11) is 0. The summed E-state index contributed by atoms with van der Waals surface area (Å²) in [4.78, 5) is 24.3. The molecule has 0 aliphatic carbocycles. The predicted molar refractivity (Wildman–Crippen MR) is 108 cm³/mol. The molecule has 3 aromatic rings. The lowest BCUT2D eigenvalue weighted by atomic mass is 10.2. The maximum atomic E-state index is 12.2. The number of rotatable bonds is 6. The van der Waals surface area contributed by atoms with Gasteiger partial charge < -0.3 is 14.8 Å². The van der Waals surface area contributed by atoms with Crippen LogP contribution in [-0.2, 0) is 4.79 Å². The summed E-state index contributed by atoms with van der Waals surface area (Å²) >= 11 is 5.82. The van der Waals surface area contributed by atoms with Crippen LogP contribution in [0.2, 0.25) is 5.02 Å². The van der Waals surface area contributed by atoms with Crippen molar-refractivity contribution in [2.45, 2.75) is 13.0 Å². The topological polar surface area (TPSA) is 64.6 Å². The van der Waals surface area contributed by atoms with E-state index in [9.17, 15) is 9.59 Å². The van der Waals surface area contributed by atoms with Crippen molar-refractivity contribution in [1.29, 1.82) is 0 Å². The second-order valence-corrected chi connectivity index (χ2v) is 6.42. The van der Waals surface area contributed by atoms with Gasteiger partial charge in [0.15, 0.2) is 6.10 Å². The van der Waals surface area contributed by atoms with Crippen LogP contribution in [0.25, 0.3) is 0 Å². The summed E-state index contributed by atoms with van der Waals surface area (Å²) in [6.45, 7) is 1.60. The zero-order chi connectivity index (χ0) is 19.9. The highest BCUT2D eigenvalue weighted by atomic mass is 35.5. The lowest BCUT2D eigenvalue weighted by Crippen LogP contribution is -2.28. The summed E-state index contributed by atoms with van der Waals surface area (Å²) in [6, 6.07) is 22.1. The Morgan fingerprint density at radius 3 is 2.11 bits per heavy atom. The molecule has 0 fully saturated rings. The number of ether oxygens (including phenoxy) is 2. The van der Waals surface area contributed by atoms with Crippen molar-refractivity contribution in [2.75, 3.05) is 5.32 Å². The van der Waals surface area contributed by atoms with Gasteiger partial charge in [-0.3, -0.25) is 4.79 Å². The van der Waals surface area contributed by atoms with E-state index in [-0.39, 0.29) is 5.91 Å². The monoisotopic (exact) mass is 395 g/mol. The Labute approximate surface area is 167 Å². The number of amides is 1. The van der Waals surface area contributed by atoms with Crippen molar-refractivity contribution in [3.63, 3.8) is 0 Å². The Bertz CT molecular complexity index is 941. The fourth-order valence-corrected chi connectivity index (χ4v) is 2.49. The van der Waals surface area contributed by atoms with E-state index in [0.717, 1.165) is 0 Å². The number of halogens is 1. The van der Waals surface area contributed by atoms with Crippen LogP contribution in [0.4, 0.5) is 5.69 Å². The fraction of sp³-hybridized carbons (Fsp3) is 0.0909. The number of anilines is 1. The second-order valence-electron chi connectivity index (χ2n) is 5.98. The smallest absolute Gasteiger partial charge is 0.352 e. The zero-order valence-electron chi connectivity index (χ0n) is 15.1. The van der Waals surface area contributed by atoms with Crippen LogP contribution in [0.5, 0.6) is 11.5 Å². The van der Waals surface area contributed by atoms with Gasteiger partial charge in [0, 0.05) is 16.3 Å². The van der Waals surface area contributed by atoms with Crippen LogP contribution < -0.4 is 14.8 Å². The highest BCUT2D eigenvalue weighted by Crippen LogP contribution is 2.19. The van der Waals surface area contributed by atoms with E-state index >= 15 is 0 Å². The number of esters is 1. The second kappa shape index (κ2) is 9.06. The molecule has 142 valence electrons. The molecule has 0 bridgehead atoms. The lowest BCUT2D eigenvalue weighted by Gasteiger charge is -2.14. The van der Waals surface area contributed by atoms with Crippen molar-refractivity contribution < 1.29 is 19.1 Å². The normalized spacial score (nSPS) is 11.4. The Balaban J connectivity index is 1.55. The van der Waals surface area contributed by atoms with E-state index in [0.29, 0.717) is 27.8 Å². The van der Waals surface area contributed by atoms with Crippen molar-refractivity contribution in [3.05, 3.63) is 89.4 Å². The Morgan fingerprint density at radius 1 is 0.857 bits per heavy atom. The molecule has 3 aromatic carbocycles. The highest BCUT2D eigenvalue weighted by molar-refractivity contribution is 6.30. The van der Waals surface area contributed by atoms with Crippen molar-refractivity contribution in [3.8, 4) is 11.5 Å². The summed E-state index contributed by atoms with van der Waals surface area (Å²) in [5.41, 5.74) is 1.16. The summed E-state index contributed by atoms with van der Waals surface area (Å²) < 4.78 is 10.9. The standard InChI is InChI=1S/C22H18ClNO4/c1-15(27-19-11-7-17(23)8-12-19)22(26)28-20-13-9-18(10-14-20)24-21(25)16-5-3-2-4-6-16/h2-15H,1H3,(H,24,25). The minimum Gasteiger partial charge on any atom is -0.479 e. The fourth-order valence-electron chi connectivity index (χ4n) is 2.36. The molecular formula is C22H18ClNO4. The molecule has 0 aromatic heterocycles. The minimum atomic E-state index is -0.793. The first-order valence-corrected chi connectivity index (χ1v) is 8.99.